The van der Waals surface area contributed by atoms with Gasteiger partial charge in [-0.15, -0.1) is 46.4 Å². The van der Waals surface area contributed by atoms with Gasteiger partial charge in [0.25, 0.3) is 11.8 Å². The van der Waals surface area contributed by atoms with Crippen molar-refractivity contribution in [3.05, 3.63) is 35.4 Å². The van der Waals surface area contributed by atoms with Gasteiger partial charge >= 0.3 is 0 Å². The minimum atomic E-state index is -0.685. The predicted molar refractivity (Wildman–Crippen MR) is 82.1 cm³/mol. The number of halogens is 4. The van der Waals surface area contributed by atoms with Crippen LogP contribution in [-0.2, 0) is 0 Å². The Labute approximate surface area is 136 Å². The third-order valence-electron chi connectivity index (χ3n) is 2.22. The summed E-state index contributed by atoms with van der Waals surface area (Å²) in [5.41, 5.74) is 0.667. The number of carbonyl (C=O) groups excluding carboxylic acids is 2. The third kappa shape index (κ3) is 6.18. The van der Waals surface area contributed by atoms with E-state index in [2.05, 4.69) is 10.6 Å². The first kappa shape index (κ1) is 17.4. The maximum Gasteiger partial charge on any atom is 0.251 e. The molecule has 1 aromatic rings. The molecule has 0 heterocycles. The van der Waals surface area contributed by atoms with Crippen LogP contribution in [0.15, 0.2) is 24.3 Å². The average molecular weight is 358 g/mol. The van der Waals surface area contributed by atoms with Gasteiger partial charge < -0.3 is 10.6 Å². The first-order valence-electron chi connectivity index (χ1n) is 5.63. The molecular weight excluding hydrogens is 346 g/mol. The van der Waals surface area contributed by atoms with Crippen molar-refractivity contribution in [3.63, 3.8) is 0 Å². The van der Waals surface area contributed by atoms with Crippen molar-refractivity contribution >= 4 is 58.2 Å². The van der Waals surface area contributed by atoms with Crippen LogP contribution in [0.3, 0.4) is 0 Å². The van der Waals surface area contributed by atoms with Gasteiger partial charge in [0, 0.05) is 24.2 Å². The number of amides is 2. The monoisotopic (exact) mass is 356 g/mol. The zero-order chi connectivity index (χ0) is 15.1. The molecule has 2 amide bonds. The molecule has 110 valence electrons. The van der Waals surface area contributed by atoms with Gasteiger partial charge in [-0.3, -0.25) is 9.59 Å². The van der Waals surface area contributed by atoms with E-state index in [0.717, 1.165) is 0 Å². The molecule has 0 atom stereocenters. The normalized spacial score (nSPS) is 10.7. The molecule has 0 saturated heterocycles. The standard InChI is InChI=1S/C12H12Cl4N2O2/c13-9(14)5-17-11(19)7-2-1-3-8(4-7)12(20)18-6-10(15)16/h1-4,9-10H,5-6H2,(H,17,19)(H,18,20). The van der Waals surface area contributed by atoms with Gasteiger partial charge in [0.15, 0.2) is 0 Å². The SMILES string of the molecule is O=C(NCC(Cl)Cl)c1cccc(C(=O)NCC(Cl)Cl)c1. The van der Waals surface area contributed by atoms with Crippen LogP contribution >= 0.6 is 46.4 Å². The van der Waals surface area contributed by atoms with Gasteiger partial charge in [-0.05, 0) is 18.2 Å². The summed E-state index contributed by atoms with van der Waals surface area (Å²) in [5, 5.41) is 5.08. The van der Waals surface area contributed by atoms with Crippen LogP contribution < -0.4 is 10.6 Å². The zero-order valence-electron chi connectivity index (χ0n) is 10.2. The van der Waals surface area contributed by atoms with Crippen LogP contribution in [0.4, 0.5) is 0 Å². The Hall–Kier alpha value is -0.680. The maximum atomic E-state index is 11.8. The molecule has 0 spiro atoms. The molecule has 0 aliphatic carbocycles. The van der Waals surface area contributed by atoms with E-state index in [4.69, 9.17) is 46.4 Å². The fourth-order valence-corrected chi connectivity index (χ4v) is 1.65. The number of hydrogen-bond donors (Lipinski definition) is 2. The number of alkyl halides is 4. The lowest BCUT2D eigenvalue weighted by Crippen LogP contribution is -2.29. The molecule has 0 bridgehead atoms. The lowest BCUT2D eigenvalue weighted by molar-refractivity contribution is 0.0954. The second-order valence-electron chi connectivity index (χ2n) is 3.78. The lowest BCUT2D eigenvalue weighted by Gasteiger charge is -2.08. The van der Waals surface area contributed by atoms with Crippen LogP contribution in [0, 0.1) is 0 Å². The lowest BCUT2D eigenvalue weighted by atomic mass is 10.1. The summed E-state index contributed by atoms with van der Waals surface area (Å²) in [4.78, 5) is 22.2. The number of nitrogens with one attached hydrogen (secondary N) is 2. The smallest absolute Gasteiger partial charge is 0.251 e. The quantitative estimate of drug-likeness (QED) is 0.769. The Bertz CT molecular complexity index is 441. The Morgan fingerprint density at radius 2 is 1.30 bits per heavy atom. The summed E-state index contributed by atoms with van der Waals surface area (Å²) in [5.74, 6) is -0.725. The minimum absolute atomic E-state index is 0.124. The highest BCUT2D eigenvalue weighted by atomic mass is 35.5. The van der Waals surface area contributed by atoms with E-state index < -0.39 is 9.67 Å². The van der Waals surface area contributed by atoms with E-state index in [1.807, 2.05) is 0 Å². The van der Waals surface area contributed by atoms with Gasteiger partial charge in [0.2, 0.25) is 0 Å². The van der Waals surface area contributed by atoms with E-state index in [1.165, 1.54) is 6.07 Å². The molecule has 8 heteroatoms. The molecule has 0 fully saturated rings. The average Bonchev–Trinajstić information content (AvgIpc) is 2.42. The van der Waals surface area contributed by atoms with E-state index in [9.17, 15) is 9.59 Å². The first-order valence-corrected chi connectivity index (χ1v) is 7.37. The Morgan fingerprint density at radius 3 is 1.65 bits per heavy atom. The second-order valence-corrected chi connectivity index (χ2v) is 6.34. The molecule has 0 aliphatic rings. The summed E-state index contributed by atoms with van der Waals surface area (Å²) in [6, 6.07) is 6.21. The highest BCUT2D eigenvalue weighted by molar-refractivity contribution is 6.44. The molecule has 0 saturated carbocycles. The van der Waals surface area contributed by atoms with Crippen LogP contribution in [-0.4, -0.2) is 34.6 Å². The molecule has 0 aliphatic heterocycles. The molecule has 0 unspecified atom stereocenters. The molecule has 20 heavy (non-hydrogen) atoms. The third-order valence-corrected chi connectivity index (χ3v) is 2.84. The number of benzene rings is 1. The number of hydrogen-bond acceptors (Lipinski definition) is 2. The summed E-state index contributed by atoms with van der Waals surface area (Å²) < 4.78 is 0. The summed E-state index contributed by atoms with van der Waals surface area (Å²) in [7, 11) is 0. The predicted octanol–water partition coefficient (Wildman–Crippen LogP) is 2.75. The highest BCUT2D eigenvalue weighted by Gasteiger charge is 2.11. The molecular formula is C12H12Cl4N2O2. The van der Waals surface area contributed by atoms with Crippen molar-refractivity contribution in [1.29, 1.82) is 0 Å². The fourth-order valence-electron chi connectivity index (χ4n) is 1.35. The van der Waals surface area contributed by atoms with Crippen LogP contribution in [0.2, 0.25) is 0 Å². The largest absolute Gasteiger partial charge is 0.349 e. The van der Waals surface area contributed by atoms with Crippen molar-refractivity contribution in [2.24, 2.45) is 0 Å². The molecule has 2 N–H and O–H groups in total. The molecule has 1 rings (SSSR count). The minimum Gasteiger partial charge on any atom is -0.349 e. The first-order chi connectivity index (χ1) is 9.40. The Kier molecular flexibility index (Phi) is 7.45. The van der Waals surface area contributed by atoms with E-state index in [1.54, 1.807) is 18.2 Å². The number of carbonyl (C=O) groups is 2. The van der Waals surface area contributed by atoms with Crippen molar-refractivity contribution in [1.82, 2.24) is 10.6 Å². The van der Waals surface area contributed by atoms with Crippen LogP contribution in [0.5, 0.6) is 0 Å². The van der Waals surface area contributed by atoms with E-state index in [-0.39, 0.29) is 24.9 Å². The molecule has 0 aromatic heterocycles. The van der Waals surface area contributed by atoms with Crippen molar-refractivity contribution < 1.29 is 9.59 Å². The topological polar surface area (TPSA) is 58.2 Å². The van der Waals surface area contributed by atoms with Crippen molar-refractivity contribution in [2.75, 3.05) is 13.1 Å². The van der Waals surface area contributed by atoms with Crippen molar-refractivity contribution in [2.45, 2.75) is 9.67 Å². The maximum absolute atomic E-state index is 11.8. The zero-order valence-corrected chi connectivity index (χ0v) is 13.2. The van der Waals surface area contributed by atoms with Gasteiger partial charge in [-0.25, -0.2) is 0 Å². The molecule has 0 radical (unpaired) electrons. The highest BCUT2D eigenvalue weighted by Crippen LogP contribution is 2.07. The van der Waals surface area contributed by atoms with Gasteiger partial charge in [-0.1, -0.05) is 6.07 Å². The van der Waals surface area contributed by atoms with E-state index >= 15 is 0 Å². The van der Waals surface area contributed by atoms with Crippen molar-refractivity contribution in [3.8, 4) is 0 Å². The summed E-state index contributed by atoms with van der Waals surface area (Å²) in [6.45, 7) is 0.247. The van der Waals surface area contributed by atoms with E-state index in [0.29, 0.717) is 11.1 Å². The Morgan fingerprint density at radius 1 is 0.900 bits per heavy atom. The van der Waals surface area contributed by atoms with Gasteiger partial charge in [0.1, 0.15) is 9.67 Å². The summed E-state index contributed by atoms with van der Waals surface area (Å²) in [6.07, 6.45) is 0. The number of rotatable bonds is 6. The second kappa shape index (κ2) is 8.57. The summed E-state index contributed by atoms with van der Waals surface area (Å²) >= 11 is 22.1. The fraction of sp³-hybridized carbons (Fsp3) is 0.333. The van der Waals surface area contributed by atoms with Crippen LogP contribution in [0.1, 0.15) is 20.7 Å². The van der Waals surface area contributed by atoms with Gasteiger partial charge in [0.05, 0.1) is 0 Å². The van der Waals surface area contributed by atoms with Crippen LogP contribution in [0.25, 0.3) is 0 Å². The molecule has 1 aromatic carbocycles. The Balaban J connectivity index is 2.70. The van der Waals surface area contributed by atoms with Gasteiger partial charge in [-0.2, -0.15) is 0 Å². The molecule has 4 nitrogen and oxygen atoms in total.